The van der Waals surface area contributed by atoms with Crippen molar-refractivity contribution in [2.24, 2.45) is 17.3 Å². The summed E-state index contributed by atoms with van der Waals surface area (Å²) in [4.78, 5) is 23.3. The average molecular weight is 324 g/mol. The minimum atomic E-state index is -1.39. The Morgan fingerprint density at radius 1 is 1.43 bits per heavy atom. The maximum Gasteiger partial charge on any atom is 0.334 e. The number of hydrogen-bond donors (Lipinski definition) is 2. The van der Waals surface area contributed by atoms with Gasteiger partial charge in [-0.15, -0.1) is 0 Å². The lowest BCUT2D eigenvalue weighted by atomic mass is 9.50. The van der Waals surface area contributed by atoms with Gasteiger partial charge in [-0.3, -0.25) is 4.79 Å². The van der Waals surface area contributed by atoms with Crippen LogP contribution in [0.5, 0.6) is 0 Å². The highest BCUT2D eigenvalue weighted by Gasteiger charge is 2.66. The summed E-state index contributed by atoms with van der Waals surface area (Å²) >= 11 is 0. The van der Waals surface area contributed by atoms with Crippen molar-refractivity contribution in [3.8, 4) is 0 Å². The Morgan fingerprint density at radius 3 is 2.70 bits per heavy atom. The fraction of sp³-hybridized carbons (Fsp3) is 0.765. The topological polar surface area (TPSA) is 93.1 Å². The van der Waals surface area contributed by atoms with Crippen LogP contribution in [-0.2, 0) is 19.1 Å². The predicted octanol–water partition coefficient (Wildman–Crippen LogP) is 0.948. The van der Waals surface area contributed by atoms with Gasteiger partial charge in [-0.25, -0.2) is 4.79 Å². The number of hydrogen-bond acceptors (Lipinski definition) is 6. The molecule has 7 atom stereocenters. The Bertz CT molecular complexity index is 567. The first-order chi connectivity index (χ1) is 10.6. The molecule has 3 rings (SSSR count). The lowest BCUT2D eigenvalue weighted by Crippen LogP contribution is -2.68. The molecule has 23 heavy (non-hydrogen) atoms. The van der Waals surface area contributed by atoms with E-state index in [1.807, 2.05) is 6.92 Å². The number of carbonyl (C=O) groups is 2. The average Bonchev–Trinajstić information content (AvgIpc) is 2.71. The van der Waals surface area contributed by atoms with Crippen molar-refractivity contribution in [2.75, 3.05) is 0 Å². The Labute approximate surface area is 135 Å². The smallest absolute Gasteiger partial charge is 0.334 e. The van der Waals surface area contributed by atoms with E-state index < -0.39 is 47.2 Å². The first kappa shape index (κ1) is 16.5. The number of ether oxygens (including phenoxy) is 2. The van der Waals surface area contributed by atoms with E-state index in [-0.39, 0.29) is 12.3 Å². The minimum Gasteiger partial charge on any atom is -0.459 e. The first-order valence-corrected chi connectivity index (χ1v) is 8.06. The van der Waals surface area contributed by atoms with Crippen LogP contribution < -0.4 is 0 Å². The SMILES string of the molecule is C=C1C(=O)OC2C1CCC1(C)C(O)CC(OC(C)=O)C(C)(O)C21. The molecule has 2 aliphatic carbocycles. The van der Waals surface area contributed by atoms with E-state index in [9.17, 15) is 19.8 Å². The molecule has 6 heteroatoms. The molecule has 0 bridgehead atoms. The molecular weight excluding hydrogens is 300 g/mol. The highest BCUT2D eigenvalue weighted by Crippen LogP contribution is 2.59. The van der Waals surface area contributed by atoms with Crippen LogP contribution in [0.4, 0.5) is 0 Å². The van der Waals surface area contributed by atoms with E-state index in [2.05, 4.69) is 6.58 Å². The molecule has 3 fully saturated rings. The van der Waals surface area contributed by atoms with Crippen molar-refractivity contribution in [3.05, 3.63) is 12.2 Å². The molecule has 7 unspecified atom stereocenters. The van der Waals surface area contributed by atoms with E-state index in [4.69, 9.17) is 9.47 Å². The summed E-state index contributed by atoms with van der Waals surface area (Å²) in [6, 6.07) is 0. The molecule has 0 aromatic heterocycles. The highest BCUT2D eigenvalue weighted by atomic mass is 16.6. The number of rotatable bonds is 1. The summed E-state index contributed by atoms with van der Waals surface area (Å²) in [6.45, 7) is 8.60. The highest BCUT2D eigenvalue weighted by molar-refractivity contribution is 5.91. The summed E-state index contributed by atoms with van der Waals surface area (Å²) < 4.78 is 10.8. The normalized spacial score (nSPS) is 49.2. The fourth-order valence-corrected chi connectivity index (χ4v) is 4.92. The van der Waals surface area contributed by atoms with Crippen LogP contribution in [0.1, 0.15) is 40.0 Å². The third kappa shape index (κ3) is 2.22. The van der Waals surface area contributed by atoms with E-state index in [0.717, 1.165) is 0 Å². The number of aliphatic hydroxyl groups excluding tert-OH is 1. The van der Waals surface area contributed by atoms with Crippen molar-refractivity contribution < 1.29 is 29.3 Å². The monoisotopic (exact) mass is 324 g/mol. The van der Waals surface area contributed by atoms with Crippen LogP contribution >= 0.6 is 0 Å². The van der Waals surface area contributed by atoms with E-state index >= 15 is 0 Å². The van der Waals surface area contributed by atoms with Gasteiger partial charge >= 0.3 is 11.9 Å². The second-order valence-corrected chi connectivity index (χ2v) is 7.60. The molecule has 1 saturated heterocycles. The molecule has 2 saturated carbocycles. The van der Waals surface area contributed by atoms with E-state index in [1.54, 1.807) is 6.92 Å². The number of fused-ring (bicyclic) bond motifs is 3. The van der Waals surface area contributed by atoms with Gasteiger partial charge in [0.1, 0.15) is 17.8 Å². The molecule has 0 spiro atoms. The van der Waals surface area contributed by atoms with Gasteiger partial charge in [0.25, 0.3) is 0 Å². The molecule has 1 aliphatic heterocycles. The van der Waals surface area contributed by atoms with E-state index in [1.165, 1.54) is 6.92 Å². The van der Waals surface area contributed by atoms with Gasteiger partial charge in [0.05, 0.1) is 6.10 Å². The van der Waals surface area contributed by atoms with Crippen LogP contribution in [0, 0.1) is 17.3 Å². The second kappa shape index (κ2) is 5.05. The molecule has 1 heterocycles. The zero-order chi connectivity index (χ0) is 17.2. The fourth-order valence-electron chi connectivity index (χ4n) is 4.92. The standard InChI is InChI=1S/C17H24O6/c1-8-10-5-6-16(3)11(19)7-12(22-9(2)18)17(4,21)14(16)13(10)23-15(8)20/h10-14,19,21H,1,5-7H2,2-4H3. The van der Waals surface area contributed by atoms with Crippen LogP contribution in [0.15, 0.2) is 12.2 Å². The minimum absolute atomic E-state index is 0.157. The molecular formula is C17H24O6. The summed E-state index contributed by atoms with van der Waals surface area (Å²) in [5.74, 6) is -1.63. The van der Waals surface area contributed by atoms with Gasteiger partial charge in [-0.05, 0) is 19.8 Å². The first-order valence-electron chi connectivity index (χ1n) is 8.06. The molecule has 2 N–H and O–H groups in total. The zero-order valence-corrected chi connectivity index (χ0v) is 13.7. The van der Waals surface area contributed by atoms with Crippen molar-refractivity contribution in [2.45, 2.75) is 63.9 Å². The maximum atomic E-state index is 11.9. The van der Waals surface area contributed by atoms with E-state index in [0.29, 0.717) is 18.4 Å². The zero-order valence-electron chi connectivity index (χ0n) is 13.7. The molecule has 0 radical (unpaired) electrons. The molecule has 6 nitrogen and oxygen atoms in total. The number of carbonyl (C=O) groups excluding carboxylic acids is 2. The Balaban J connectivity index is 2.02. The summed E-state index contributed by atoms with van der Waals surface area (Å²) in [6.07, 6.45) is -0.611. The summed E-state index contributed by atoms with van der Waals surface area (Å²) in [7, 11) is 0. The quantitative estimate of drug-likeness (QED) is 0.551. The van der Waals surface area contributed by atoms with Crippen LogP contribution in [0.25, 0.3) is 0 Å². The number of aliphatic hydroxyl groups is 2. The largest absolute Gasteiger partial charge is 0.459 e. The van der Waals surface area contributed by atoms with Crippen LogP contribution in [-0.4, -0.2) is 46.1 Å². The van der Waals surface area contributed by atoms with Gasteiger partial charge in [0, 0.05) is 36.2 Å². The van der Waals surface area contributed by atoms with Gasteiger partial charge < -0.3 is 19.7 Å². The Kier molecular flexibility index (Phi) is 3.61. The number of esters is 2. The van der Waals surface area contributed by atoms with Crippen LogP contribution in [0.3, 0.4) is 0 Å². The van der Waals surface area contributed by atoms with Crippen molar-refractivity contribution in [3.63, 3.8) is 0 Å². The van der Waals surface area contributed by atoms with Gasteiger partial charge in [-0.2, -0.15) is 0 Å². The van der Waals surface area contributed by atoms with Crippen LogP contribution in [0.2, 0.25) is 0 Å². The lowest BCUT2D eigenvalue weighted by molar-refractivity contribution is -0.254. The van der Waals surface area contributed by atoms with Crippen molar-refractivity contribution in [1.29, 1.82) is 0 Å². The second-order valence-electron chi connectivity index (χ2n) is 7.60. The van der Waals surface area contributed by atoms with Gasteiger partial charge in [0.15, 0.2) is 0 Å². The summed E-state index contributed by atoms with van der Waals surface area (Å²) in [5.41, 5.74) is -1.57. The van der Waals surface area contributed by atoms with Gasteiger partial charge in [-0.1, -0.05) is 13.5 Å². The molecule has 0 aromatic rings. The molecule has 0 amide bonds. The predicted molar refractivity (Wildman–Crippen MR) is 80.1 cm³/mol. The third-order valence-corrected chi connectivity index (χ3v) is 6.17. The van der Waals surface area contributed by atoms with Gasteiger partial charge in [0.2, 0.25) is 0 Å². The summed E-state index contributed by atoms with van der Waals surface area (Å²) in [5, 5.41) is 21.8. The van der Waals surface area contributed by atoms with Crippen molar-refractivity contribution >= 4 is 11.9 Å². The lowest BCUT2D eigenvalue weighted by Gasteiger charge is -2.59. The molecule has 128 valence electrons. The Hall–Kier alpha value is -1.40. The molecule has 0 aromatic carbocycles. The Morgan fingerprint density at radius 2 is 2.09 bits per heavy atom. The van der Waals surface area contributed by atoms with Crippen molar-refractivity contribution in [1.82, 2.24) is 0 Å². The maximum absolute atomic E-state index is 11.9. The molecule has 3 aliphatic rings. The third-order valence-electron chi connectivity index (χ3n) is 6.17.